The Morgan fingerprint density at radius 2 is 2.21 bits per heavy atom. The van der Waals surface area contributed by atoms with E-state index in [1.807, 2.05) is 22.6 Å². The van der Waals surface area contributed by atoms with Crippen LogP contribution in [0.1, 0.15) is 10.4 Å². The summed E-state index contributed by atoms with van der Waals surface area (Å²) in [6.07, 6.45) is 0. The fourth-order valence-electron chi connectivity index (χ4n) is 2.57. The van der Waals surface area contributed by atoms with E-state index in [-0.39, 0.29) is 46.1 Å². The number of anilines is 3. The standard InChI is InChI=1S/C17H17FIN5O4S/c1-20-17-22-12-11(15(26)23-28-6-5-25)14(24(2)16(27)13(12)29-17)21-10-4-3-8(19)7-9(10)18/h3-4,7,21,25H,5-6H2,1-2H3,(H,20,22)(H,23,26). The van der Waals surface area contributed by atoms with Crippen LogP contribution in [-0.4, -0.2) is 40.8 Å². The third-order valence-corrected chi connectivity index (χ3v) is 5.65. The van der Waals surface area contributed by atoms with Crippen molar-refractivity contribution in [3.63, 3.8) is 0 Å². The molecule has 0 atom stereocenters. The zero-order valence-electron chi connectivity index (χ0n) is 15.4. The minimum Gasteiger partial charge on any atom is -0.394 e. The number of hydroxylamine groups is 1. The van der Waals surface area contributed by atoms with E-state index in [0.717, 1.165) is 11.3 Å². The molecule has 1 amide bonds. The van der Waals surface area contributed by atoms with Crippen molar-refractivity contribution >= 4 is 66.7 Å². The number of rotatable bonds is 7. The number of aliphatic hydroxyl groups is 1. The number of carbonyl (C=O) groups excluding carboxylic acids is 1. The summed E-state index contributed by atoms with van der Waals surface area (Å²) in [7, 11) is 3.12. The molecule has 2 heterocycles. The van der Waals surface area contributed by atoms with Crippen LogP contribution in [0.5, 0.6) is 0 Å². The largest absolute Gasteiger partial charge is 0.394 e. The number of amides is 1. The van der Waals surface area contributed by atoms with E-state index >= 15 is 0 Å². The van der Waals surface area contributed by atoms with E-state index in [1.54, 1.807) is 13.1 Å². The van der Waals surface area contributed by atoms with Gasteiger partial charge in [0.2, 0.25) is 0 Å². The van der Waals surface area contributed by atoms with Crippen molar-refractivity contribution in [2.24, 2.45) is 7.05 Å². The zero-order chi connectivity index (χ0) is 21.1. The van der Waals surface area contributed by atoms with Crippen LogP contribution < -0.4 is 21.7 Å². The molecule has 0 aliphatic rings. The maximum Gasteiger partial charge on any atom is 0.280 e. The van der Waals surface area contributed by atoms with Gasteiger partial charge in [-0.2, -0.15) is 0 Å². The number of pyridine rings is 1. The van der Waals surface area contributed by atoms with Gasteiger partial charge in [-0.05, 0) is 40.8 Å². The van der Waals surface area contributed by atoms with Gasteiger partial charge in [0, 0.05) is 17.7 Å². The van der Waals surface area contributed by atoms with Crippen molar-refractivity contribution in [1.82, 2.24) is 15.0 Å². The van der Waals surface area contributed by atoms with E-state index < -0.39 is 11.7 Å². The Morgan fingerprint density at radius 1 is 1.45 bits per heavy atom. The Balaban J connectivity index is 2.20. The van der Waals surface area contributed by atoms with Gasteiger partial charge in [-0.3, -0.25) is 19.0 Å². The highest BCUT2D eigenvalue weighted by Gasteiger charge is 2.25. The number of benzene rings is 1. The quantitative estimate of drug-likeness (QED) is 0.209. The molecule has 29 heavy (non-hydrogen) atoms. The van der Waals surface area contributed by atoms with Gasteiger partial charge in [0.05, 0.1) is 18.9 Å². The number of aromatic nitrogens is 2. The number of halogens is 2. The molecular formula is C17H17FIN5O4S. The summed E-state index contributed by atoms with van der Waals surface area (Å²) < 4.78 is 16.6. The zero-order valence-corrected chi connectivity index (χ0v) is 18.4. The Kier molecular flexibility index (Phi) is 6.66. The van der Waals surface area contributed by atoms with Gasteiger partial charge >= 0.3 is 0 Å². The van der Waals surface area contributed by atoms with Gasteiger partial charge in [0.1, 0.15) is 27.4 Å². The third-order valence-electron chi connectivity index (χ3n) is 3.92. The Hall–Kier alpha value is -2.29. The van der Waals surface area contributed by atoms with Crippen LogP contribution in [0, 0.1) is 9.39 Å². The van der Waals surface area contributed by atoms with Crippen molar-refractivity contribution in [3.8, 4) is 0 Å². The number of hydrogen-bond donors (Lipinski definition) is 4. The van der Waals surface area contributed by atoms with Crippen molar-refractivity contribution in [1.29, 1.82) is 0 Å². The summed E-state index contributed by atoms with van der Waals surface area (Å²) in [6.45, 7) is -0.406. The maximum atomic E-state index is 14.4. The second-order valence-corrected chi connectivity index (χ2v) is 8.03. The predicted molar refractivity (Wildman–Crippen MR) is 117 cm³/mol. The Bertz CT molecular complexity index is 1130. The van der Waals surface area contributed by atoms with Gasteiger partial charge in [0.25, 0.3) is 11.5 Å². The first-order chi connectivity index (χ1) is 13.9. The summed E-state index contributed by atoms with van der Waals surface area (Å²) in [5.41, 5.74) is 2.08. The van der Waals surface area contributed by atoms with Crippen molar-refractivity contribution < 1.29 is 19.1 Å². The smallest absolute Gasteiger partial charge is 0.280 e. The SMILES string of the molecule is CNc1nc2c(C(=O)NOCCO)c(Nc3ccc(I)cc3F)n(C)c(=O)c2s1. The summed E-state index contributed by atoms with van der Waals surface area (Å²) in [6, 6.07) is 4.52. The molecule has 0 aliphatic carbocycles. The first-order valence-electron chi connectivity index (χ1n) is 8.33. The van der Waals surface area contributed by atoms with Gasteiger partial charge in [-0.15, -0.1) is 0 Å². The van der Waals surface area contributed by atoms with Crippen LogP contribution in [-0.2, 0) is 11.9 Å². The summed E-state index contributed by atoms with van der Waals surface area (Å²) in [4.78, 5) is 34.9. The molecule has 2 aromatic heterocycles. The lowest BCUT2D eigenvalue weighted by Crippen LogP contribution is -2.30. The maximum absolute atomic E-state index is 14.4. The molecule has 3 rings (SSSR count). The molecule has 0 saturated carbocycles. The average molecular weight is 533 g/mol. The van der Waals surface area contributed by atoms with Gasteiger partial charge in [0.15, 0.2) is 5.13 Å². The molecule has 3 aromatic rings. The number of carbonyl (C=O) groups is 1. The first kappa shape index (κ1) is 21.4. The van der Waals surface area contributed by atoms with Crippen molar-refractivity contribution in [3.05, 3.63) is 43.5 Å². The van der Waals surface area contributed by atoms with Crippen molar-refractivity contribution in [2.45, 2.75) is 0 Å². The lowest BCUT2D eigenvalue weighted by molar-refractivity contribution is 0.0169. The second kappa shape index (κ2) is 9.02. The highest BCUT2D eigenvalue weighted by Crippen LogP contribution is 2.31. The molecule has 154 valence electrons. The monoisotopic (exact) mass is 533 g/mol. The molecule has 9 nitrogen and oxygen atoms in total. The predicted octanol–water partition coefficient (Wildman–Crippen LogP) is 2.18. The first-order valence-corrected chi connectivity index (χ1v) is 10.2. The summed E-state index contributed by atoms with van der Waals surface area (Å²) >= 11 is 3.08. The van der Waals surface area contributed by atoms with Crippen molar-refractivity contribution in [2.75, 3.05) is 30.9 Å². The lowest BCUT2D eigenvalue weighted by atomic mass is 10.2. The van der Waals surface area contributed by atoms with Gasteiger partial charge < -0.3 is 15.7 Å². The van der Waals surface area contributed by atoms with E-state index in [4.69, 9.17) is 9.94 Å². The molecule has 0 saturated heterocycles. The highest BCUT2D eigenvalue weighted by molar-refractivity contribution is 14.1. The Labute approximate surface area is 182 Å². The molecule has 0 bridgehead atoms. The van der Waals surface area contributed by atoms with E-state index in [1.165, 1.54) is 23.7 Å². The number of thiazole rings is 1. The fourth-order valence-corrected chi connectivity index (χ4v) is 3.92. The molecule has 0 fully saturated rings. The normalized spacial score (nSPS) is 10.9. The third kappa shape index (κ3) is 4.34. The van der Waals surface area contributed by atoms with Crippen LogP contribution in [0.4, 0.5) is 21.0 Å². The minimum absolute atomic E-state index is 0.00994. The molecule has 0 radical (unpaired) electrons. The van der Waals surface area contributed by atoms with Gasteiger partial charge in [-0.1, -0.05) is 11.3 Å². The van der Waals surface area contributed by atoms with E-state index in [9.17, 15) is 14.0 Å². The van der Waals surface area contributed by atoms with Crippen LogP contribution in [0.3, 0.4) is 0 Å². The van der Waals surface area contributed by atoms with E-state index in [0.29, 0.717) is 8.70 Å². The number of nitrogens with zero attached hydrogens (tertiary/aromatic N) is 2. The number of hydrogen-bond acceptors (Lipinski definition) is 8. The molecule has 1 aromatic carbocycles. The molecule has 0 spiro atoms. The lowest BCUT2D eigenvalue weighted by Gasteiger charge is -2.16. The number of nitrogens with one attached hydrogen (secondary N) is 3. The van der Waals surface area contributed by atoms with E-state index in [2.05, 4.69) is 21.1 Å². The van der Waals surface area contributed by atoms with Crippen LogP contribution in [0.2, 0.25) is 0 Å². The van der Waals surface area contributed by atoms with Crippen LogP contribution in [0.15, 0.2) is 23.0 Å². The highest BCUT2D eigenvalue weighted by atomic mass is 127. The minimum atomic E-state index is -0.694. The summed E-state index contributed by atoms with van der Waals surface area (Å²) in [5, 5.41) is 15.0. The summed E-state index contributed by atoms with van der Waals surface area (Å²) in [5.74, 6) is -1.18. The average Bonchev–Trinajstić information content (AvgIpc) is 3.12. The topological polar surface area (TPSA) is 118 Å². The molecular weight excluding hydrogens is 516 g/mol. The molecule has 4 N–H and O–H groups in total. The Morgan fingerprint density at radius 3 is 2.86 bits per heavy atom. The van der Waals surface area contributed by atoms with Crippen LogP contribution in [0.25, 0.3) is 10.2 Å². The molecule has 0 unspecified atom stereocenters. The van der Waals surface area contributed by atoms with Gasteiger partial charge in [-0.25, -0.2) is 14.9 Å². The molecule has 0 aliphatic heterocycles. The second-order valence-electron chi connectivity index (χ2n) is 5.79. The fraction of sp³-hybridized carbons (Fsp3) is 0.235. The number of aliphatic hydroxyl groups excluding tert-OH is 1. The van der Waals surface area contributed by atoms with Crippen LogP contribution >= 0.6 is 33.9 Å². The number of fused-ring (bicyclic) bond motifs is 1. The molecule has 12 heteroatoms.